The van der Waals surface area contributed by atoms with Crippen LogP contribution in [0.4, 0.5) is 0 Å². The minimum absolute atomic E-state index is 0.445. The third-order valence-corrected chi connectivity index (χ3v) is 3.70. The second-order valence-corrected chi connectivity index (χ2v) is 5.02. The number of aryl methyl sites for hydroxylation is 1. The predicted molar refractivity (Wildman–Crippen MR) is 62.8 cm³/mol. The lowest BCUT2D eigenvalue weighted by molar-refractivity contribution is 0.0696. The summed E-state index contributed by atoms with van der Waals surface area (Å²) in [5.74, 6) is 0.694. The van der Waals surface area contributed by atoms with Gasteiger partial charge in [-0.05, 0) is 44.6 Å². The lowest BCUT2D eigenvalue weighted by Gasteiger charge is -2.15. The van der Waals surface area contributed by atoms with Gasteiger partial charge in [0.2, 0.25) is 0 Å². The van der Waals surface area contributed by atoms with Crippen molar-refractivity contribution < 1.29 is 9.90 Å². The summed E-state index contributed by atoms with van der Waals surface area (Å²) in [5, 5.41) is 9.05. The Kier molecular flexibility index (Phi) is 2.78. The monoisotopic (exact) mass is 221 g/mol. The second-order valence-electron chi connectivity index (χ2n) is 5.02. The maximum Gasteiger partial charge on any atom is 0.337 e. The van der Waals surface area contributed by atoms with Gasteiger partial charge in [0.05, 0.1) is 5.56 Å². The zero-order valence-corrected chi connectivity index (χ0v) is 10.2. The fourth-order valence-corrected chi connectivity index (χ4v) is 2.40. The van der Waals surface area contributed by atoms with Gasteiger partial charge in [-0.2, -0.15) is 0 Å². The SMILES string of the molecule is Cc1cc(C(=O)O)c(C)n1CC(C)C1CC1. The van der Waals surface area contributed by atoms with Gasteiger partial charge in [0.1, 0.15) is 0 Å². The molecular formula is C13H19NO2. The van der Waals surface area contributed by atoms with Gasteiger partial charge in [0.15, 0.2) is 0 Å². The first-order chi connectivity index (χ1) is 7.50. The number of aromatic carboxylic acids is 1. The molecule has 0 spiro atoms. The van der Waals surface area contributed by atoms with E-state index in [4.69, 9.17) is 5.11 Å². The zero-order valence-electron chi connectivity index (χ0n) is 10.2. The molecule has 3 nitrogen and oxygen atoms in total. The van der Waals surface area contributed by atoms with Gasteiger partial charge in [0.25, 0.3) is 0 Å². The quantitative estimate of drug-likeness (QED) is 0.849. The molecule has 0 radical (unpaired) electrons. The van der Waals surface area contributed by atoms with E-state index in [1.807, 2.05) is 13.8 Å². The average Bonchev–Trinajstić information content (AvgIpc) is 3.00. The van der Waals surface area contributed by atoms with Crippen LogP contribution in [0.2, 0.25) is 0 Å². The molecule has 0 bridgehead atoms. The summed E-state index contributed by atoms with van der Waals surface area (Å²) in [4.78, 5) is 11.0. The minimum atomic E-state index is -0.821. The van der Waals surface area contributed by atoms with Gasteiger partial charge < -0.3 is 9.67 Å². The molecule has 1 atom stereocenters. The van der Waals surface area contributed by atoms with Gasteiger partial charge in [-0.15, -0.1) is 0 Å². The van der Waals surface area contributed by atoms with Gasteiger partial charge >= 0.3 is 5.97 Å². The number of rotatable bonds is 4. The minimum Gasteiger partial charge on any atom is -0.478 e. The van der Waals surface area contributed by atoms with E-state index in [0.29, 0.717) is 11.5 Å². The highest BCUT2D eigenvalue weighted by Crippen LogP contribution is 2.37. The molecule has 2 rings (SSSR count). The molecule has 88 valence electrons. The highest BCUT2D eigenvalue weighted by molar-refractivity contribution is 5.89. The molecule has 0 aliphatic heterocycles. The Balaban J connectivity index is 2.22. The van der Waals surface area contributed by atoms with E-state index < -0.39 is 5.97 Å². The summed E-state index contributed by atoms with van der Waals surface area (Å²) in [6.07, 6.45) is 2.68. The van der Waals surface area contributed by atoms with Crippen molar-refractivity contribution in [3.8, 4) is 0 Å². The predicted octanol–water partition coefficient (Wildman–Crippen LogP) is 2.85. The number of hydrogen-bond acceptors (Lipinski definition) is 1. The Morgan fingerprint density at radius 1 is 1.56 bits per heavy atom. The van der Waals surface area contributed by atoms with E-state index in [1.165, 1.54) is 12.8 Å². The molecule has 1 fully saturated rings. The average molecular weight is 221 g/mol. The fraction of sp³-hybridized carbons (Fsp3) is 0.615. The molecule has 16 heavy (non-hydrogen) atoms. The molecule has 0 aromatic carbocycles. The lowest BCUT2D eigenvalue weighted by atomic mass is 10.1. The number of aromatic nitrogens is 1. The maximum absolute atomic E-state index is 11.0. The van der Waals surface area contributed by atoms with E-state index in [1.54, 1.807) is 6.07 Å². The normalized spacial score (nSPS) is 17.4. The molecule has 1 aromatic rings. The van der Waals surface area contributed by atoms with Crippen LogP contribution in [0.1, 0.15) is 41.5 Å². The number of nitrogens with zero attached hydrogens (tertiary/aromatic N) is 1. The molecule has 1 heterocycles. The first kappa shape index (κ1) is 11.2. The Hall–Kier alpha value is -1.25. The molecule has 0 amide bonds. The number of carboxylic acids is 1. The van der Waals surface area contributed by atoms with Crippen LogP contribution in [0.25, 0.3) is 0 Å². The van der Waals surface area contributed by atoms with Crippen molar-refractivity contribution in [3.05, 3.63) is 23.0 Å². The van der Waals surface area contributed by atoms with Crippen LogP contribution in [0, 0.1) is 25.7 Å². The molecule has 1 saturated carbocycles. The summed E-state index contributed by atoms with van der Waals surface area (Å²) in [7, 11) is 0. The van der Waals surface area contributed by atoms with Crippen molar-refractivity contribution in [2.45, 2.75) is 40.2 Å². The van der Waals surface area contributed by atoms with Gasteiger partial charge in [-0.1, -0.05) is 6.92 Å². The molecule has 1 N–H and O–H groups in total. The number of carbonyl (C=O) groups is 1. The van der Waals surface area contributed by atoms with Crippen LogP contribution in [0.3, 0.4) is 0 Å². The van der Waals surface area contributed by atoms with Crippen molar-refractivity contribution >= 4 is 5.97 Å². The molecule has 3 heteroatoms. The summed E-state index contributed by atoms with van der Waals surface area (Å²) >= 11 is 0. The van der Waals surface area contributed by atoms with Crippen molar-refractivity contribution in [3.63, 3.8) is 0 Å². The van der Waals surface area contributed by atoms with Gasteiger partial charge in [-0.25, -0.2) is 4.79 Å². The molecule has 1 unspecified atom stereocenters. The Bertz CT molecular complexity index is 416. The smallest absolute Gasteiger partial charge is 0.337 e. The Morgan fingerprint density at radius 2 is 2.19 bits per heavy atom. The third-order valence-electron chi connectivity index (χ3n) is 3.70. The maximum atomic E-state index is 11.0. The fourth-order valence-electron chi connectivity index (χ4n) is 2.40. The van der Waals surface area contributed by atoms with Crippen LogP contribution in [0.15, 0.2) is 6.07 Å². The van der Waals surface area contributed by atoms with Crippen molar-refractivity contribution in [1.82, 2.24) is 4.57 Å². The van der Waals surface area contributed by atoms with Crippen LogP contribution in [-0.4, -0.2) is 15.6 Å². The largest absolute Gasteiger partial charge is 0.478 e. The summed E-state index contributed by atoms with van der Waals surface area (Å²) in [5.41, 5.74) is 2.39. The summed E-state index contributed by atoms with van der Waals surface area (Å²) in [6.45, 7) is 7.10. The first-order valence-electron chi connectivity index (χ1n) is 5.90. The second kappa shape index (κ2) is 3.96. The Labute approximate surface area is 96.1 Å². The molecule has 1 aromatic heterocycles. The van der Waals surface area contributed by atoms with E-state index in [9.17, 15) is 4.79 Å². The number of hydrogen-bond donors (Lipinski definition) is 1. The first-order valence-corrected chi connectivity index (χ1v) is 5.90. The molecule has 1 aliphatic rings. The van der Waals surface area contributed by atoms with Crippen LogP contribution < -0.4 is 0 Å². The standard InChI is InChI=1S/C13H19NO2/c1-8(11-4-5-11)7-14-9(2)6-12(10(14)3)13(15)16/h6,8,11H,4-5,7H2,1-3H3,(H,15,16). The van der Waals surface area contributed by atoms with Crippen molar-refractivity contribution in [2.24, 2.45) is 11.8 Å². The van der Waals surface area contributed by atoms with E-state index in [2.05, 4.69) is 11.5 Å². The highest BCUT2D eigenvalue weighted by Gasteiger charge is 2.28. The van der Waals surface area contributed by atoms with Crippen LogP contribution >= 0.6 is 0 Å². The van der Waals surface area contributed by atoms with Crippen LogP contribution in [0.5, 0.6) is 0 Å². The molecular weight excluding hydrogens is 202 g/mol. The third kappa shape index (κ3) is 1.99. The zero-order chi connectivity index (χ0) is 11.9. The van der Waals surface area contributed by atoms with Crippen molar-refractivity contribution in [1.29, 1.82) is 0 Å². The van der Waals surface area contributed by atoms with E-state index in [-0.39, 0.29) is 0 Å². The molecule has 1 aliphatic carbocycles. The van der Waals surface area contributed by atoms with E-state index >= 15 is 0 Å². The van der Waals surface area contributed by atoms with Gasteiger partial charge in [-0.3, -0.25) is 0 Å². The van der Waals surface area contributed by atoms with E-state index in [0.717, 1.165) is 23.9 Å². The number of carboxylic acid groups (broad SMARTS) is 1. The topological polar surface area (TPSA) is 42.2 Å². The summed E-state index contributed by atoms with van der Waals surface area (Å²) < 4.78 is 2.15. The Morgan fingerprint density at radius 3 is 2.62 bits per heavy atom. The lowest BCUT2D eigenvalue weighted by Crippen LogP contribution is -2.12. The van der Waals surface area contributed by atoms with Gasteiger partial charge in [0, 0.05) is 17.9 Å². The van der Waals surface area contributed by atoms with Crippen LogP contribution in [-0.2, 0) is 6.54 Å². The molecule has 0 saturated heterocycles. The summed E-state index contributed by atoms with van der Waals surface area (Å²) in [6, 6.07) is 1.78. The van der Waals surface area contributed by atoms with Crippen molar-refractivity contribution in [2.75, 3.05) is 0 Å². The highest BCUT2D eigenvalue weighted by atomic mass is 16.4.